The molecule has 4 atom stereocenters. The van der Waals surface area contributed by atoms with Crippen molar-refractivity contribution in [3.05, 3.63) is 69.6 Å². The summed E-state index contributed by atoms with van der Waals surface area (Å²) in [4.78, 5) is 28.8. The number of nitrogens with zero attached hydrogens (tertiary/aromatic N) is 2. The number of benzene rings is 1. The predicted molar refractivity (Wildman–Crippen MR) is 128 cm³/mol. The van der Waals surface area contributed by atoms with Crippen LogP contribution in [-0.4, -0.2) is 46.8 Å². The Kier molecular flexibility index (Phi) is 7.00. The fourth-order valence-electron chi connectivity index (χ4n) is 5.46. The van der Waals surface area contributed by atoms with Gasteiger partial charge in [0.15, 0.2) is 0 Å². The number of fused-ring (bicyclic) bond motifs is 4. The molecule has 1 amide bonds. The molecule has 2 aromatic rings. The second-order valence-electron chi connectivity index (χ2n) is 8.79. The van der Waals surface area contributed by atoms with Crippen LogP contribution in [0.4, 0.5) is 0 Å². The number of carbonyl (C=O) groups is 1. The molecule has 1 aromatic carbocycles. The summed E-state index contributed by atoms with van der Waals surface area (Å²) in [5, 5.41) is 13.4. The lowest BCUT2D eigenvalue weighted by Crippen LogP contribution is -2.46. The van der Waals surface area contributed by atoms with Gasteiger partial charge < -0.3 is 19.7 Å². The lowest BCUT2D eigenvalue weighted by atomic mass is 9.86. The third kappa shape index (κ3) is 4.11. The highest BCUT2D eigenvalue weighted by Crippen LogP contribution is 2.49. The van der Waals surface area contributed by atoms with Crippen molar-refractivity contribution in [3.8, 4) is 5.75 Å². The van der Waals surface area contributed by atoms with Crippen molar-refractivity contribution >= 4 is 12.0 Å². The smallest absolute Gasteiger partial charge is 0.258 e. The third-order valence-corrected chi connectivity index (χ3v) is 6.94. The molecular formula is C26H33N3O4. The maximum atomic E-state index is 13.3. The number of hydrogen-bond acceptors (Lipinski definition) is 5. The first-order valence-corrected chi connectivity index (χ1v) is 11.7. The number of para-hydroxylation sites is 1. The van der Waals surface area contributed by atoms with E-state index in [2.05, 4.69) is 10.2 Å². The van der Waals surface area contributed by atoms with E-state index in [4.69, 9.17) is 4.74 Å². The molecular weight excluding hydrogens is 418 g/mol. The van der Waals surface area contributed by atoms with Gasteiger partial charge in [0.1, 0.15) is 5.75 Å². The van der Waals surface area contributed by atoms with Gasteiger partial charge in [-0.05, 0) is 31.5 Å². The molecule has 0 radical (unpaired) electrons. The van der Waals surface area contributed by atoms with Gasteiger partial charge in [-0.15, -0.1) is 0 Å². The van der Waals surface area contributed by atoms with Crippen LogP contribution >= 0.6 is 0 Å². The average Bonchev–Trinajstić information content (AvgIpc) is 3.04. The summed E-state index contributed by atoms with van der Waals surface area (Å²) in [5.41, 5.74) is 2.42. The average molecular weight is 452 g/mol. The van der Waals surface area contributed by atoms with Crippen molar-refractivity contribution < 1.29 is 14.6 Å². The predicted octanol–water partition coefficient (Wildman–Crippen LogP) is 2.58. The second kappa shape index (κ2) is 9.93. The Balaban J connectivity index is 1.82. The maximum absolute atomic E-state index is 13.3. The van der Waals surface area contributed by atoms with Crippen molar-refractivity contribution in [2.45, 2.75) is 45.4 Å². The molecule has 0 saturated carbocycles. The van der Waals surface area contributed by atoms with Crippen molar-refractivity contribution in [3.63, 3.8) is 0 Å². The zero-order chi connectivity index (χ0) is 23.5. The summed E-state index contributed by atoms with van der Waals surface area (Å²) in [6.07, 6.45) is 4.50. The van der Waals surface area contributed by atoms with Gasteiger partial charge >= 0.3 is 0 Å². The molecule has 0 unspecified atom stereocenters. The Morgan fingerprint density at radius 3 is 2.76 bits per heavy atom. The standard InChI is InChI=1S/C26H33N3O4/c1-4-8-17-11-12-20-24-23(25(31)27-13-5-2)19(16-30)21(15-29(20)26(17)32)28(24)14-18-9-6-7-10-22(18)33-3/h4,6-12,19,21,23-24,30H,5,13-16H2,1-3H3,(H,27,31)/b8-4+/t19-,21-,23+,24+/m0/s1. The molecule has 0 spiro atoms. The van der Waals surface area contributed by atoms with Crippen LogP contribution in [0.3, 0.4) is 0 Å². The summed E-state index contributed by atoms with van der Waals surface area (Å²) in [7, 11) is 1.65. The third-order valence-electron chi connectivity index (χ3n) is 6.94. The number of hydrogen-bond donors (Lipinski definition) is 2. The molecule has 4 rings (SSSR count). The van der Waals surface area contributed by atoms with E-state index in [0.29, 0.717) is 25.2 Å². The molecule has 1 aromatic heterocycles. The first kappa shape index (κ1) is 23.3. The summed E-state index contributed by atoms with van der Waals surface area (Å²) in [6, 6.07) is 11.2. The summed E-state index contributed by atoms with van der Waals surface area (Å²) >= 11 is 0. The molecule has 3 heterocycles. The number of rotatable bonds is 8. The van der Waals surface area contributed by atoms with Crippen LogP contribution in [0.15, 0.2) is 47.3 Å². The van der Waals surface area contributed by atoms with Crippen molar-refractivity contribution in [2.75, 3.05) is 20.3 Å². The first-order chi connectivity index (χ1) is 16.0. The van der Waals surface area contributed by atoms with Crippen LogP contribution in [0, 0.1) is 11.8 Å². The minimum atomic E-state index is -0.443. The van der Waals surface area contributed by atoms with Crippen LogP contribution < -0.4 is 15.6 Å². The van der Waals surface area contributed by atoms with Crippen molar-refractivity contribution in [1.29, 1.82) is 0 Å². The summed E-state index contributed by atoms with van der Waals surface area (Å²) < 4.78 is 7.38. The Morgan fingerprint density at radius 2 is 2.06 bits per heavy atom. The van der Waals surface area contributed by atoms with E-state index < -0.39 is 5.92 Å². The Labute approximate surface area is 194 Å². The normalized spacial score (nSPS) is 24.1. The number of ether oxygens (including phenoxy) is 1. The molecule has 2 N–H and O–H groups in total. The fraction of sp³-hybridized carbons (Fsp3) is 0.462. The molecule has 2 aliphatic rings. The van der Waals surface area contributed by atoms with Gasteiger partial charge in [0.05, 0.1) is 19.1 Å². The number of aliphatic hydroxyl groups excluding tert-OH is 1. The van der Waals surface area contributed by atoms with E-state index in [9.17, 15) is 14.7 Å². The van der Waals surface area contributed by atoms with E-state index in [1.807, 2.05) is 62.4 Å². The fourth-order valence-corrected chi connectivity index (χ4v) is 5.46. The van der Waals surface area contributed by atoms with Crippen molar-refractivity contribution in [2.24, 2.45) is 11.8 Å². The summed E-state index contributed by atoms with van der Waals surface area (Å²) in [6.45, 7) is 5.38. The Bertz CT molecular complexity index is 1090. The highest BCUT2D eigenvalue weighted by atomic mass is 16.5. The molecule has 33 heavy (non-hydrogen) atoms. The number of aromatic nitrogens is 1. The highest BCUT2D eigenvalue weighted by Gasteiger charge is 2.55. The molecule has 7 heteroatoms. The zero-order valence-electron chi connectivity index (χ0n) is 19.5. The molecule has 2 bridgehead atoms. The molecule has 7 nitrogen and oxygen atoms in total. The van der Waals surface area contributed by atoms with Gasteiger partial charge in [-0.25, -0.2) is 0 Å². The highest BCUT2D eigenvalue weighted by molar-refractivity contribution is 5.80. The molecule has 2 aliphatic heterocycles. The second-order valence-corrected chi connectivity index (χ2v) is 8.79. The number of carbonyl (C=O) groups excluding carboxylic acids is 1. The van der Waals surface area contributed by atoms with Gasteiger partial charge in [-0.1, -0.05) is 37.3 Å². The van der Waals surface area contributed by atoms with Crippen LogP contribution in [0.2, 0.25) is 0 Å². The minimum Gasteiger partial charge on any atom is -0.496 e. The Hall–Kier alpha value is -2.90. The number of nitrogens with one attached hydrogen (secondary N) is 1. The van der Waals surface area contributed by atoms with Crippen LogP contribution in [0.5, 0.6) is 5.75 Å². The van der Waals surface area contributed by atoms with Crippen LogP contribution in [0.1, 0.15) is 43.1 Å². The Morgan fingerprint density at radius 1 is 1.27 bits per heavy atom. The molecule has 1 fully saturated rings. The lowest BCUT2D eigenvalue weighted by Gasteiger charge is -2.38. The van der Waals surface area contributed by atoms with Crippen molar-refractivity contribution in [1.82, 2.24) is 14.8 Å². The summed E-state index contributed by atoms with van der Waals surface area (Å²) in [5.74, 6) is 0.00990. The largest absolute Gasteiger partial charge is 0.496 e. The number of methoxy groups -OCH3 is 1. The zero-order valence-corrected chi connectivity index (χ0v) is 19.5. The topological polar surface area (TPSA) is 83.8 Å². The van der Waals surface area contributed by atoms with E-state index >= 15 is 0 Å². The van der Waals surface area contributed by atoms with Crippen LogP contribution in [0.25, 0.3) is 6.08 Å². The van der Waals surface area contributed by atoms with E-state index in [-0.39, 0.29) is 36.1 Å². The van der Waals surface area contributed by atoms with Gasteiger partial charge in [-0.3, -0.25) is 14.5 Å². The molecule has 1 saturated heterocycles. The molecule has 176 valence electrons. The number of allylic oxidation sites excluding steroid dienone is 1. The monoisotopic (exact) mass is 451 g/mol. The van der Waals surface area contributed by atoms with E-state index in [1.165, 1.54) is 0 Å². The lowest BCUT2D eigenvalue weighted by molar-refractivity contribution is -0.127. The minimum absolute atomic E-state index is 0.0520. The van der Waals surface area contributed by atoms with Gasteiger partial charge in [0.25, 0.3) is 5.56 Å². The number of pyridine rings is 1. The maximum Gasteiger partial charge on any atom is 0.258 e. The van der Waals surface area contributed by atoms with Crippen LogP contribution in [-0.2, 0) is 17.9 Å². The van der Waals surface area contributed by atoms with E-state index in [0.717, 1.165) is 23.4 Å². The van der Waals surface area contributed by atoms with Gasteiger partial charge in [0, 0.05) is 55.0 Å². The molecule has 0 aliphatic carbocycles. The number of amides is 1. The van der Waals surface area contributed by atoms with E-state index in [1.54, 1.807) is 11.7 Å². The quantitative estimate of drug-likeness (QED) is 0.645. The number of aliphatic hydroxyl groups is 1. The first-order valence-electron chi connectivity index (χ1n) is 11.7. The van der Waals surface area contributed by atoms with Gasteiger partial charge in [-0.2, -0.15) is 0 Å². The van der Waals surface area contributed by atoms with Gasteiger partial charge in [0.2, 0.25) is 5.91 Å². The SMILES string of the molecule is C/C=C/c1ccc2n(c1=O)C[C@H]1[C@H](CO)[C@@H](C(=O)NCCC)[C@@H]2N1Cc1ccccc1OC.